The number of ether oxygens (including phenoxy) is 2. The number of carbonyl (C=O) groups excluding carboxylic acids is 1. The molecule has 0 radical (unpaired) electrons. The maximum Gasteiger partial charge on any atom is 0.414 e. The van der Waals surface area contributed by atoms with Crippen LogP contribution in [0.3, 0.4) is 0 Å². The number of nitrogens with one attached hydrogen (secondary N) is 1. The number of alkyl carbamates (subject to hydrolysis) is 1. The van der Waals surface area contributed by atoms with Gasteiger partial charge in [-0.05, 0) is 39.0 Å². The molecule has 2 rings (SSSR count). The van der Waals surface area contributed by atoms with Crippen molar-refractivity contribution in [1.29, 1.82) is 0 Å². The van der Waals surface area contributed by atoms with E-state index >= 15 is 0 Å². The lowest BCUT2D eigenvalue weighted by atomic mass is 10.1. The van der Waals surface area contributed by atoms with Gasteiger partial charge in [-0.2, -0.15) is 0 Å². The van der Waals surface area contributed by atoms with E-state index in [2.05, 4.69) is 15.3 Å². The Morgan fingerprint density at radius 2 is 2.00 bits per heavy atom. The van der Waals surface area contributed by atoms with Crippen molar-refractivity contribution in [2.24, 2.45) is 10.7 Å². The molecule has 0 spiro atoms. The van der Waals surface area contributed by atoms with E-state index in [0.717, 1.165) is 11.3 Å². The monoisotopic (exact) mass is 342 g/mol. The number of aromatic nitrogens is 1. The van der Waals surface area contributed by atoms with E-state index < -0.39 is 11.7 Å². The maximum absolute atomic E-state index is 11.7. The summed E-state index contributed by atoms with van der Waals surface area (Å²) in [6.45, 7) is 5.31. The standard InChI is InChI=1S/C18H22N4O3/c1-18(2,3)25-17(23)22-16(19)21-13-7-5-6-12(10-13)15-11-14(24-4)8-9-20-15/h5-11H,1-4H3,(H3,19,21,22,23). The minimum Gasteiger partial charge on any atom is -0.497 e. The van der Waals surface area contributed by atoms with Crippen LogP contribution in [-0.4, -0.2) is 29.7 Å². The predicted octanol–water partition coefficient (Wildman–Crippen LogP) is 3.23. The fourth-order valence-corrected chi connectivity index (χ4v) is 2.01. The van der Waals surface area contributed by atoms with Crippen LogP contribution < -0.4 is 15.8 Å². The van der Waals surface area contributed by atoms with Gasteiger partial charge in [-0.1, -0.05) is 12.1 Å². The van der Waals surface area contributed by atoms with Crippen LogP contribution in [0.15, 0.2) is 47.6 Å². The molecule has 1 amide bonds. The van der Waals surface area contributed by atoms with Gasteiger partial charge >= 0.3 is 6.09 Å². The number of amides is 1. The van der Waals surface area contributed by atoms with E-state index in [1.807, 2.05) is 24.3 Å². The second kappa shape index (κ2) is 7.65. The molecule has 7 nitrogen and oxygen atoms in total. The third-order valence-corrected chi connectivity index (χ3v) is 2.99. The highest BCUT2D eigenvalue weighted by molar-refractivity contribution is 5.94. The first kappa shape index (κ1) is 18.3. The van der Waals surface area contributed by atoms with Crippen molar-refractivity contribution in [3.63, 3.8) is 0 Å². The third-order valence-electron chi connectivity index (χ3n) is 2.99. The molecule has 3 N–H and O–H groups in total. The molecular formula is C18H22N4O3. The fourth-order valence-electron chi connectivity index (χ4n) is 2.01. The topological polar surface area (TPSA) is 98.8 Å². The molecule has 0 atom stereocenters. The largest absolute Gasteiger partial charge is 0.497 e. The van der Waals surface area contributed by atoms with E-state index in [0.29, 0.717) is 11.4 Å². The summed E-state index contributed by atoms with van der Waals surface area (Å²) in [5.74, 6) is 0.662. The molecule has 0 fully saturated rings. The van der Waals surface area contributed by atoms with Crippen molar-refractivity contribution in [2.45, 2.75) is 26.4 Å². The molecule has 132 valence electrons. The SMILES string of the molecule is COc1ccnc(-c2cccc(N=C(N)NC(=O)OC(C)(C)C)c2)c1. The first-order valence-electron chi connectivity index (χ1n) is 7.71. The molecule has 0 unspecified atom stereocenters. The lowest BCUT2D eigenvalue weighted by Crippen LogP contribution is -2.40. The van der Waals surface area contributed by atoms with Gasteiger partial charge in [0, 0.05) is 17.8 Å². The van der Waals surface area contributed by atoms with Gasteiger partial charge < -0.3 is 15.2 Å². The van der Waals surface area contributed by atoms with Gasteiger partial charge in [0.1, 0.15) is 11.4 Å². The van der Waals surface area contributed by atoms with Crippen LogP contribution in [0.4, 0.5) is 10.5 Å². The van der Waals surface area contributed by atoms with Crippen LogP contribution in [0, 0.1) is 0 Å². The van der Waals surface area contributed by atoms with Gasteiger partial charge in [-0.15, -0.1) is 0 Å². The summed E-state index contributed by atoms with van der Waals surface area (Å²) < 4.78 is 10.3. The molecule has 1 aromatic carbocycles. The highest BCUT2D eigenvalue weighted by Crippen LogP contribution is 2.25. The normalized spacial score (nSPS) is 11.8. The second-order valence-electron chi connectivity index (χ2n) is 6.26. The Morgan fingerprint density at radius 1 is 1.24 bits per heavy atom. The quantitative estimate of drug-likeness (QED) is 0.659. The van der Waals surface area contributed by atoms with Gasteiger partial charge in [-0.3, -0.25) is 10.3 Å². The van der Waals surface area contributed by atoms with Gasteiger partial charge in [-0.25, -0.2) is 9.79 Å². The number of pyridine rings is 1. The number of methoxy groups -OCH3 is 1. The van der Waals surface area contributed by atoms with Crippen LogP contribution in [0.1, 0.15) is 20.8 Å². The molecule has 0 bridgehead atoms. The Balaban J connectivity index is 2.16. The highest BCUT2D eigenvalue weighted by Gasteiger charge is 2.16. The van der Waals surface area contributed by atoms with Crippen molar-refractivity contribution in [3.05, 3.63) is 42.6 Å². The summed E-state index contributed by atoms with van der Waals surface area (Å²) in [6.07, 6.45) is 1.02. The number of guanidine groups is 1. The lowest BCUT2D eigenvalue weighted by Gasteiger charge is -2.19. The lowest BCUT2D eigenvalue weighted by molar-refractivity contribution is 0.0562. The number of nitrogens with zero attached hydrogens (tertiary/aromatic N) is 2. The maximum atomic E-state index is 11.7. The number of hydrogen-bond acceptors (Lipinski definition) is 5. The molecule has 25 heavy (non-hydrogen) atoms. The molecule has 7 heteroatoms. The average molecular weight is 342 g/mol. The summed E-state index contributed by atoms with van der Waals surface area (Å²) in [5, 5.41) is 2.39. The van der Waals surface area contributed by atoms with E-state index in [1.54, 1.807) is 46.2 Å². The number of nitrogens with two attached hydrogens (primary N) is 1. The summed E-state index contributed by atoms with van der Waals surface area (Å²) >= 11 is 0. The van der Waals surface area contributed by atoms with Gasteiger partial charge in [0.15, 0.2) is 0 Å². The molecule has 0 aliphatic rings. The van der Waals surface area contributed by atoms with E-state index in [4.69, 9.17) is 15.2 Å². The van der Waals surface area contributed by atoms with Gasteiger partial charge in [0.2, 0.25) is 5.96 Å². The minimum absolute atomic E-state index is 0.0509. The summed E-state index contributed by atoms with van der Waals surface area (Å²) in [6, 6.07) is 10.9. The molecule has 0 aliphatic heterocycles. The Morgan fingerprint density at radius 3 is 2.68 bits per heavy atom. The molecule has 0 aliphatic carbocycles. The first-order chi connectivity index (χ1) is 11.8. The van der Waals surface area contributed by atoms with E-state index in [1.165, 1.54) is 0 Å². The Labute approximate surface area is 146 Å². The molecule has 0 saturated carbocycles. The van der Waals surface area contributed by atoms with Crippen LogP contribution in [0.5, 0.6) is 5.75 Å². The van der Waals surface area contributed by atoms with Crippen molar-refractivity contribution in [1.82, 2.24) is 10.3 Å². The molecule has 0 saturated heterocycles. The van der Waals surface area contributed by atoms with Crippen LogP contribution in [0.2, 0.25) is 0 Å². The Bertz CT molecular complexity index is 782. The van der Waals surface area contributed by atoms with Crippen LogP contribution in [0.25, 0.3) is 11.3 Å². The smallest absolute Gasteiger partial charge is 0.414 e. The molecule has 2 aromatic rings. The highest BCUT2D eigenvalue weighted by atomic mass is 16.6. The van der Waals surface area contributed by atoms with Crippen molar-refractivity contribution in [3.8, 4) is 17.0 Å². The number of benzene rings is 1. The van der Waals surface area contributed by atoms with Crippen molar-refractivity contribution in [2.75, 3.05) is 7.11 Å². The Hall–Kier alpha value is -3.09. The van der Waals surface area contributed by atoms with Crippen LogP contribution in [-0.2, 0) is 4.74 Å². The number of aliphatic imine (C=N–C) groups is 1. The van der Waals surface area contributed by atoms with E-state index in [9.17, 15) is 4.79 Å². The molecule has 1 aromatic heterocycles. The van der Waals surface area contributed by atoms with Crippen molar-refractivity contribution < 1.29 is 14.3 Å². The zero-order chi connectivity index (χ0) is 18.4. The Kier molecular flexibility index (Phi) is 5.59. The molecule has 1 heterocycles. The number of rotatable bonds is 3. The first-order valence-corrected chi connectivity index (χ1v) is 7.71. The third kappa shape index (κ3) is 5.80. The number of carbonyl (C=O) groups is 1. The summed E-state index contributed by atoms with van der Waals surface area (Å²) in [4.78, 5) is 20.2. The van der Waals surface area contributed by atoms with Crippen LogP contribution >= 0.6 is 0 Å². The summed E-state index contributed by atoms with van der Waals surface area (Å²) in [7, 11) is 1.60. The minimum atomic E-state index is -0.653. The average Bonchev–Trinajstić information content (AvgIpc) is 2.53. The van der Waals surface area contributed by atoms with Gasteiger partial charge in [0.05, 0.1) is 18.5 Å². The zero-order valence-corrected chi connectivity index (χ0v) is 14.7. The van der Waals surface area contributed by atoms with E-state index in [-0.39, 0.29) is 5.96 Å². The van der Waals surface area contributed by atoms with Crippen molar-refractivity contribution >= 4 is 17.7 Å². The summed E-state index contributed by atoms with van der Waals surface area (Å²) in [5.41, 5.74) is 7.33. The molecular weight excluding hydrogens is 320 g/mol. The van der Waals surface area contributed by atoms with Gasteiger partial charge in [0.25, 0.3) is 0 Å². The zero-order valence-electron chi connectivity index (χ0n) is 14.7. The fraction of sp³-hybridized carbons (Fsp3) is 0.278. The predicted molar refractivity (Wildman–Crippen MR) is 96.9 cm³/mol. The second-order valence-corrected chi connectivity index (χ2v) is 6.26. The number of hydrogen-bond donors (Lipinski definition) is 2.